The summed E-state index contributed by atoms with van der Waals surface area (Å²) in [4.78, 5) is 16.5. The van der Waals surface area contributed by atoms with Gasteiger partial charge in [-0.3, -0.25) is 9.69 Å². The topological polar surface area (TPSA) is 49.6 Å². The SMILES string of the molecule is Cl.N[C@@H]1CCN(CC(=O)N2CCc3ccccc3C2)C1. The maximum Gasteiger partial charge on any atom is 0.237 e. The summed E-state index contributed by atoms with van der Waals surface area (Å²) in [7, 11) is 0. The summed E-state index contributed by atoms with van der Waals surface area (Å²) < 4.78 is 0. The Bertz CT molecular complexity index is 480. The van der Waals surface area contributed by atoms with E-state index in [2.05, 4.69) is 23.1 Å². The van der Waals surface area contributed by atoms with E-state index in [1.54, 1.807) is 0 Å². The van der Waals surface area contributed by atoms with E-state index in [-0.39, 0.29) is 24.4 Å². The van der Waals surface area contributed by atoms with Gasteiger partial charge in [-0.15, -0.1) is 12.4 Å². The van der Waals surface area contributed by atoms with Crippen molar-refractivity contribution in [2.45, 2.75) is 25.4 Å². The zero-order valence-electron chi connectivity index (χ0n) is 11.6. The number of nitrogens with zero attached hydrogens (tertiary/aromatic N) is 2. The predicted molar refractivity (Wildman–Crippen MR) is 81.8 cm³/mol. The smallest absolute Gasteiger partial charge is 0.237 e. The van der Waals surface area contributed by atoms with Crippen LogP contribution in [0.2, 0.25) is 0 Å². The molecular formula is C15H22ClN3O. The van der Waals surface area contributed by atoms with Crippen LogP contribution in [0.3, 0.4) is 0 Å². The van der Waals surface area contributed by atoms with Gasteiger partial charge in [0.2, 0.25) is 5.91 Å². The first-order valence-corrected chi connectivity index (χ1v) is 7.05. The van der Waals surface area contributed by atoms with Crippen LogP contribution >= 0.6 is 12.4 Å². The van der Waals surface area contributed by atoms with Crippen LogP contribution < -0.4 is 5.73 Å². The van der Waals surface area contributed by atoms with Gasteiger partial charge in [-0.1, -0.05) is 24.3 Å². The minimum Gasteiger partial charge on any atom is -0.337 e. The molecule has 110 valence electrons. The molecule has 4 nitrogen and oxygen atoms in total. The van der Waals surface area contributed by atoms with Crippen molar-refractivity contribution in [2.75, 3.05) is 26.2 Å². The number of nitrogens with two attached hydrogens (primary N) is 1. The molecule has 2 aliphatic heterocycles. The molecule has 2 heterocycles. The Hall–Kier alpha value is -1.10. The molecule has 1 fully saturated rings. The summed E-state index contributed by atoms with van der Waals surface area (Å²) in [6.45, 7) is 3.94. The second kappa shape index (κ2) is 6.57. The van der Waals surface area contributed by atoms with Crippen LogP contribution in [-0.4, -0.2) is 47.9 Å². The van der Waals surface area contributed by atoms with Gasteiger partial charge in [-0.05, 0) is 24.0 Å². The first-order valence-electron chi connectivity index (χ1n) is 7.05. The van der Waals surface area contributed by atoms with E-state index in [0.29, 0.717) is 6.54 Å². The van der Waals surface area contributed by atoms with E-state index in [1.165, 1.54) is 11.1 Å². The number of likely N-dealkylation sites (tertiary alicyclic amines) is 1. The lowest BCUT2D eigenvalue weighted by Gasteiger charge is -2.30. The summed E-state index contributed by atoms with van der Waals surface area (Å²) in [5.41, 5.74) is 8.55. The molecule has 3 rings (SSSR count). The van der Waals surface area contributed by atoms with E-state index in [4.69, 9.17) is 5.73 Å². The van der Waals surface area contributed by atoms with Gasteiger partial charge >= 0.3 is 0 Å². The molecule has 20 heavy (non-hydrogen) atoms. The molecule has 1 amide bonds. The average Bonchev–Trinajstić information content (AvgIpc) is 2.83. The first-order chi connectivity index (χ1) is 9.22. The maximum atomic E-state index is 12.3. The summed E-state index contributed by atoms with van der Waals surface area (Å²) in [6, 6.07) is 8.65. The third-order valence-corrected chi connectivity index (χ3v) is 4.15. The highest BCUT2D eigenvalue weighted by Crippen LogP contribution is 2.19. The van der Waals surface area contributed by atoms with Gasteiger partial charge in [0, 0.05) is 32.2 Å². The molecule has 2 N–H and O–H groups in total. The molecule has 0 aliphatic carbocycles. The summed E-state index contributed by atoms with van der Waals surface area (Å²) in [5.74, 6) is 0.239. The predicted octanol–water partition coefficient (Wildman–Crippen LogP) is 1.03. The van der Waals surface area contributed by atoms with Crippen molar-refractivity contribution in [1.29, 1.82) is 0 Å². The molecule has 0 spiro atoms. The number of hydrogen-bond donors (Lipinski definition) is 1. The van der Waals surface area contributed by atoms with Crippen molar-refractivity contribution in [3.05, 3.63) is 35.4 Å². The highest BCUT2D eigenvalue weighted by Gasteiger charge is 2.25. The Morgan fingerprint density at radius 3 is 2.70 bits per heavy atom. The van der Waals surface area contributed by atoms with Crippen LogP contribution in [0.5, 0.6) is 0 Å². The molecule has 1 saturated heterocycles. The maximum absolute atomic E-state index is 12.3. The van der Waals surface area contributed by atoms with Crippen LogP contribution in [0.25, 0.3) is 0 Å². The third kappa shape index (κ3) is 3.32. The van der Waals surface area contributed by atoms with Crippen LogP contribution in [0.1, 0.15) is 17.5 Å². The van der Waals surface area contributed by atoms with Gasteiger partial charge in [-0.2, -0.15) is 0 Å². The van der Waals surface area contributed by atoms with Crippen molar-refractivity contribution in [3.63, 3.8) is 0 Å². The van der Waals surface area contributed by atoms with Gasteiger partial charge in [-0.25, -0.2) is 0 Å². The Balaban J connectivity index is 0.00000147. The van der Waals surface area contributed by atoms with Gasteiger partial charge in [0.1, 0.15) is 0 Å². The van der Waals surface area contributed by atoms with E-state index < -0.39 is 0 Å². The Labute approximate surface area is 126 Å². The summed E-state index contributed by atoms with van der Waals surface area (Å²) in [6.07, 6.45) is 1.98. The molecule has 1 atom stereocenters. The molecule has 0 bridgehead atoms. The number of carbonyl (C=O) groups excluding carboxylic acids is 1. The third-order valence-electron chi connectivity index (χ3n) is 4.15. The van der Waals surface area contributed by atoms with Crippen molar-refractivity contribution >= 4 is 18.3 Å². The summed E-state index contributed by atoms with van der Waals surface area (Å²) >= 11 is 0. The number of hydrogen-bond acceptors (Lipinski definition) is 3. The van der Waals surface area contributed by atoms with Gasteiger partial charge in [0.25, 0.3) is 0 Å². The number of rotatable bonds is 2. The van der Waals surface area contributed by atoms with Crippen molar-refractivity contribution < 1.29 is 4.79 Å². The lowest BCUT2D eigenvalue weighted by atomic mass is 10.00. The molecule has 1 aromatic rings. The highest BCUT2D eigenvalue weighted by atomic mass is 35.5. The quantitative estimate of drug-likeness (QED) is 0.886. The normalized spacial score (nSPS) is 22.2. The van der Waals surface area contributed by atoms with E-state index in [1.807, 2.05) is 11.0 Å². The molecule has 2 aliphatic rings. The molecule has 0 saturated carbocycles. The van der Waals surface area contributed by atoms with Crippen molar-refractivity contribution in [2.24, 2.45) is 5.73 Å². The first kappa shape index (κ1) is 15.3. The van der Waals surface area contributed by atoms with Crippen LogP contribution in [0.15, 0.2) is 24.3 Å². The number of carbonyl (C=O) groups is 1. The van der Waals surface area contributed by atoms with Gasteiger partial charge in [0.05, 0.1) is 6.54 Å². The fourth-order valence-electron chi connectivity index (χ4n) is 3.01. The van der Waals surface area contributed by atoms with E-state index >= 15 is 0 Å². The lowest BCUT2D eigenvalue weighted by molar-refractivity contribution is -0.133. The number of benzene rings is 1. The second-order valence-electron chi connectivity index (χ2n) is 5.62. The highest BCUT2D eigenvalue weighted by molar-refractivity contribution is 5.85. The molecule has 0 unspecified atom stereocenters. The largest absolute Gasteiger partial charge is 0.337 e. The lowest BCUT2D eigenvalue weighted by Crippen LogP contribution is -2.42. The van der Waals surface area contributed by atoms with Gasteiger partial charge in [0.15, 0.2) is 0 Å². The Morgan fingerprint density at radius 2 is 2.00 bits per heavy atom. The fraction of sp³-hybridized carbons (Fsp3) is 0.533. The molecule has 0 aromatic heterocycles. The van der Waals surface area contributed by atoms with Crippen LogP contribution in [0, 0.1) is 0 Å². The van der Waals surface area contributed by atoms with Crippen LogP contribution in [-0.2, 0) is 17.8 Å². The zero-order chi connectivity index (χ0) is 13.2. The van der Waals surface area contributed by atoms with E-state index in [0.717, 1.165) is 39.0 Å². The monoisotopic (exact) mass is 295 g/mol. The molecule has 1 aromatic carbocycles. The number of fused-ring (bicyclic) bond motifs is 1. The average molecular weight is 296 g/mol. The standard InChI is InChI=1S/C15H21N3O.ClH/c16-14-6-7-17(10-14)11-15(19)18-8-5-12-3-1-2-4-13(12)9-18;/h1-4,14H,5-11,16H2;1H/t14-;/m1./s1. The van der Waals surface area contributed by atoms with Crippen LogP contribution in [0.4, 0.5) is 0 Å². The molecular weight excluding hydrogens is 274 g/mol. The minimum atomic E-state index is 0. The number of halogens is 1. The van der Waals surface area contributed by atoms with Gasteiger partial charge < -0.3 is 10.6 Å². The van der Waals surface area contributed by atoms with Crippen molar-refractivity contribution in [1.82, 2.24) is 9.80 Å². The fourth-order valence-corrected chi connectivity index (χ4v) is 3.01. The van der Waals surface area contributed by atoms with Crippen molar-refractivity contribution in [3.8, 4) is 0 Å². The van der Waals surface area contributed by atoms with E-state index in [9.17, 15) is 4.79 Å². The molecule has 0 radical (unpaired) electrons. The Kier molecular flexibility index (Phi) is 5.02. The zero-order valence-corrected chi connectivity index (χ0v) is 12.4. The number of amides is 1. The second-order valence-corrected chi connectivity index (χ2v) is 5.62. The minimum absolute atomic E-state index is 0. The Morgan fingerprint density at radius 1 is 1.25 bits per heavy atom. The molecule has 5 heteroatoms. The summed E-state index contributed by atoms with van der Waals surface area (Å²) in [5, 5.41) is 0.